The first-order valence-corrected chi connectivity index (χ1v) is 8.20. The van der Waals surface area contributed by atoms with Gasteiger partial charge in [-0.15, -0.1) is 0 Å². The summed E-state index contributed by atoms with van der Waals surface area (Å²) in [7, 11) is 0. The smallest absolute Gasteiger partial charge is 0.239 e. The molecule has 19 heavy (non-hydrogen) atoms. The van der Waals surface area contributed by atoms with Crippen molar-refractivity contribution < 1.29 is 4.79 Å². The van der Waals surface area contributed by atoms with E-state index in [0.717, 1.165) is 28.6 Å². The van der Waals surface area contributed by atoms with Gasteiger partial charge in [0.2, 0.25) is 5.91 Å². The maximum atomic E-state index is 11.8. The number of aromatic nitrogens is 1. The van der Waals surface area contributed by atoms with Crippen molar-refractivity contribution in [3.05, 3.63) is 22.7 Å². The Morgan fingerprint density at radius 2 is 2.26 bits per heavy atom. The Balaban J connectivity index is 2.34. The SMILES string of the molecule is CCc1cc(Cl)cc2sc(NC(=O)[C@H](Br)CC)nc12. The topological polar surface area (TPSA) is 42.0 Å². The lowest BCUT2D eigenvalue weighted by molar-refractivity contribution is -0.115. The highest BCUT2D eigenvalue weighted by atomic mass is 79.9. The number of hydrogen-bond donors (Lipinski definition) is 1. The highest BCUT2D eigenvalue weighted by Crippen LogP contribution is 2.31. The molecule has 2 aromatic rings. The van der Waals surface area contributed by atoms with E-state index in [1.807, 2.05) is 19.1 Å². The van der Waals surface area contributed by atoms with Crippen LogP contribution in [0.3, 0.4) is 0 Å². The molecular weight excluding hydrogens is 348 g/mol. The molecule has 0 unspecified atom stereocenters. The van der Waals surface area contributed by atoms with Crippen molar-refractivity contribution in [2.75, 3.05) is 5.32 Å². The van der Waals surface area contributed by atoms with Gasteiger partial charge in [-0.1, -0.05) is 52.7 Å². The molecule has 1 amide bonds. The third-order valence-electron chi connectivity index (χ3n) is 2.79. The molecule has 1 heterocycles. The zero-order valence-corrected chi connectivity index (χ0v) is 13.8. The monoisotopic (exact) mass is 360 g/mol. The summed E-state index contributed by atoms with van der Waals surface area (Å²) in [6.07, 6.45) is 1.60. The highest BCUT2D eigenvalue weighted by molar-refractivity contribution is 9.10. The predicted molar refractivity (Wildman–Crippen MR) is 85.6 cm³/mol. The van der Waals surface area contributed by atoms with Gasteiger partial charge in [0.15, 0.2) is 5.13 Å². The highest BCUT2D eigenvalue weighted by Gasteiger charge is 2.15. The summed E-state index contributed by atoms with van der Waals surface area (Å²) in [6, 6.07) is 3.81. The van der Waals surface area contributed by atoms with Gasteiger partial charge >= 0.3 is 0 Å². The van der Waals surface area contributed by atoms with Gasteiger partial charge in [-0.25, -0.2) is 4.98 Å². The van der Waals surface area contributed by atoms with Gasteiger partial charge in [0, 0.05) is 5.02 Å². The van der Waals surface area contributed by atoms with Crippen LogP contribution < -0.4 is 5.32 Å². The minimum Gasteiger partial charge on any atom is -0.301 e. The Morgan fingerprint density at radius 1 is 1.53 bits per heavy atom. The van der Waals surface area contributed by atoms with Crippen LogP contribution in [0.25, 0.3) is 10.2 Å². The Hall–Kier alpha value is -0.650. The van der Waals surface area contributed by atoms with Crippen LogP contribution in [0.5, 0.6) is 0 Å². The molecule has 0 aliphatic carbocycles. The van der Waals surface area contributed by atoms with Gasteiger partial charge < -0.3 is 5.32 Å². The Labute approximate surface area is 129 Å². The van der Waals surface area contributed by atoms with E-state index < -0.39 is 0 Å². The van der Waals surface area contributed by atoms with E-state index in [2.05, 4.69) is 33.2 Å². The summed E-state index contributed by atoms with van der Waals surface area (Å²) < 4.78 is 1.00. The van der Waals surface area contributed by atoms with Crippen molar-refractivity contribution in [2.24, 2.45) is 0 Å². The molecule has 0 radical (unpaired) electrons. The maximum Gasteiger partial charge on any atom is 0.239 e. The number of alkyl halides is 1. The van der Waals surface area contributed by atoms with Crippen molar-refractivity contribution in [1.29, 1.82) is 0 Å². The number of aryl methyl sites for hydroxylation is 1. The summed E-state index contributed by atoms with van der Waals surface area (Å²) in [5, 5.41) is 4.16. The first-order chi connectivity index (χ1) is 9.05. The van der Waals surface area contributed by atoms with Crippen LogP contribution in [-0.2, 0) is 11.2 Å². The minimum atomic E-state index is -0.186. The van der Waals surface area contributed by atoms with Crippen LogP contribution in [0.1, 0.15) is 25.8 Å². The Bertz CT molecular complexity index is 614. The molecule has 1 N–H and O–H groups in total. The molecule has 0 saturated carbocycles. The molecule has 2 rings (SSSR count). The molecule has 3 nitrogen and oxygen atoms in total. The number of amides is 1. The number of anilines is 1. The number of carbonyl (C=O) groups is 1. The van der Waals surface area contributed by atoms with Crippen molar-refractivity contribution in [3.63, 3.8) is 0 Å². The van der Waals surface area contributed by atoms with E-state index in [0.29, 0.717) is 10.2 Å². The second kappa shape index (κ2) is 6.20. The molecular formula is C13H14BrClN2OS. The number of carbonyl (C=O) groups excluding carboxylic acids is 1. The summed E-state index contributed by atoms with van der Waals surface area (Å²) in [4.78, 5) is 16.1. The number of rotatable bonds is 4. The van der Waals surface area contributed by atoms with Crippen LogP contribution in [0.15, 0.2) is 12.1 Å². The van der Waals surface area contributed by atoms with Crippen LogP contribution >= 0.6 is 38.9 Å². The molecule has 1 aromatic heterocycles. The molecule has 102 valence electrons. The van der Waals surface area contributed by atoms with E-state index in [-0.39, 0.29) is 10.7 Å². The fourth-order valence-electron chi connectivity index (χ4n) is 1.75. The number of hydrogen-bond acceptors (Lipinski definition) is 3. The van der Waals surface area contributed by atoms with Gasteiger partial charge in [0.25, 0.3) is 0 Å². The minimum absolute atomic E-state index is 0.0642. The number of nitrogens with one attached hydrogen (secondary N) is 1. The van der Waals surface area contributed by atoms with E-state index in [1.165, 1.54) is 11.3 Å². The molecule has 0 aliphatic rings. The summed E-state index contributed by atoms with van der Waals surface area (Å²) in [5.41, 5.74) is 2.03. The van der Waals surface area contributed by atoms with Gasteiger partial charge in [-0.05, 0) is 30.5 Å². The first kappa shape index (κ1) is 14.8. The fraction of sp³-hybridized carbons (Fsp3) is 0.385. The second-order valence-corrected chi connectivity index (χ2v) is 6.72. The maximum absolute atomic E-state index is 11.8. The van der Waals surface area contributed by atoms with Crippen LogP contribution in [0, 0.1) is 0 Å². The number of halogens is 2. The lowest BCUT2D eigenvalue weighted by Gasteiger charge is -2.04. The van der Waals surface area contributed by atoms with Crippen molar-refractivity contribution in [3.8, 4) is 0 Å². The average molecular weight is 362 g/mol. The molecule has 0 fully saturated rings. The molecule has 0 bridgehead atoms. The zero-order valence-electron chi connectivity index (χ0n) is 10.7. The standard InChI is InChI=1S/C13H14BrClN2OS/c1-3-7-5-8(15)6-10-11(7)16-13(19-10)17-12(18)9(14)4-2/h5-6,9H,3-4H2,1-2H3,(H,16,17,18)/t9-/m1/s1. The largest absolute Gasteiger partial charge is 0.301 e. The predicted octanol–water partition coefficient (Wildman–Crippen LogP) is 4.62. The molecule has 1 atom stereocenters. The van der Waals surface area contributed by atoms with Crippen molar-refractivity contribution in [2.45, 2.75) is 31.5 Å². The van der Waals surface area contributed by atoms with E-state index in [9.17, 15) is 4.79 Å². The Kier molecular flexibility index (Phi) is 4.81. The summed E-state index contributed by atoms with van der Waals surface area (Å²) >= 11 is 10.9. The second-order valence-electron chi connectivity index (χ2n) is 4.15. The van der Waals surface area contributed by atoms with Crippen molar-refractivity contribution >= 4 is 60.1 Å². The normalized spacial score (nSPS) is 12.6. The van der Waals surface area contributed by atoms with Crippen LogP contribution in [0.2, 0.25) is 5.02 Å². The lowest BCUT2D eigenvalue weighted by atomic mass is 10.1. The van der Waals surface area contributed by atoms with Gasteiger partial charge in [-0.2, -0.15) is 0 Å². The molecule has 6 heteroatoms. The van der Waals surface area contributed by atoms with E-state index >= 15 is 0 Å². The van der Waals surface area contributed by atoms with Crippen molar-refractivity contribution in [1.82, 2.24) is 4.98 Å². The van der Waals surface area contributed by atoms with E-state index in [4.69, 9.17) is 11.6 Å². The third kappa shape index (κ3) is 3.27. The quantitative estimate of drug-likeness (QED) is 0.807. The molecule has 1 aromatic carbocycles. The zero-order chi connectivity index (χ0) is 14.0. The number of thiazole rings is 1. The summed E-state index contributed by atoms with van der Waals surface area (Å²) in [5.74, 6) is -0.0642. The van der Waals surface area contributed by atoms with Gasteiger partial charge in [0.1, 0.15) is 0 Å². The van der Waals surface area contributed by atoms with Gasteiger partial charge in [-0.3, -0.25) is 4.79 Å². The van der Waals surface area contributed by atoms with Gasteiger partial charge in [0.05, 0.1) is 15.0 Å². The number of nitrogens with zero attached hydrogens (tertiary/aromatic N) is 1. The summed E-state index contributed by atoms with van der Waals surface area (Å²) in [6.45, 7) is 4.01. The number of benzene rings is 1. The first-order valence-electron chi connectivity index (χ1n) is 6.09. The van der Waals surface area contributed by atoms with Crippen LogP contribution in [-0.4, -0.2) is 15.7 Å². The lowest BCUT2D eigenvalue weighted by Crippen LogP contribution is -2.21. The van der Waals surface area contributed by atoms with Crippen LogP contribution in [0.4, 0.5) is 5.13 Å². The number of fused-ring (bicyclic) bond motifs is 1. The Morgan fingerprint density at radius 3 is 2.89 bits per heavy atom. The average Bonchev–Trinajstić information content (AvgIpc) is 2.78. The molecule has 0 saturated heterocycles. The molecule has 0 spiro atoms. The third-order valence-corrected chi connectivity index (χ3v) is 4.99. The van der Waals surface area contributed by atoms with E-state index in [1.54, 1.807) is 0 Å². The fourth-order valence-corrected chi connectivity index (χ4v) is 3.13. The molecule has 0 aliphatic heterocycles.